The highest BCUT2D eigenvalue weighted by molar-refractivity contribution is 6.30. The van der Waals surface area contributed by atoms with Crippen LogP contribution in [0.4, 0.5) is 24.5 Å². The molecule has 202 valence electrons. The summed E-state index contributed by atoms with van der Waals surface area (Å²) in [6.45, 7) is 1.82. The van der Waals surface area contributed by atoms with Crippen LogP contribution in [0.25, 0.3) is 0 Å². The molecule has 2 atom stereocenters. The van der Waals surface area contributed by atoms with Crippen LogP contribution >= 0.6 is 11.6 Å². The summed E-state index contributed by atoms with van der Waals surface area (Å²) >= 11 is 6.10. The van der Waals surface area contributed by atoms with Gasteiger partial charge in [-0.25, -0.2) is 4.79 Å². The van der Waals surface area contributed by atoms with Crippen molar-refractivity contribution in [3.8, 4) is 17.2 Å². The first-order chi connectivity index (χ1) is 19.2. The van der Waals surface area contributed by atoms with E-state index < -0.39 is 27.5 Å². The van der Waals surface area contributed by atoms with E-state index in [1.54, 1.807) is 36.4 Å². The standard InChI is InChI=1S/C31H22ClF3NO4/c1-18-6-2-3-7-19(18)15-36(25-11-10-20(32)12-22(25)31(33,34)35)24-9-5-4-8-21(24)30(29(36)37)16-38-26-14-28-27(13-23(26)30)39-17-40-28/h2-14H,15-17H2,1H3/q+1. The van der Waals surface area contributed by atoms with Crippen LogP contribution in [0.2, 0.25) is 5.02 Å². The van der Waals surface area contributed by atoms with Crippen LogP contribution in [-0.2, 0) is 22.9 Å². The highest BCUT2D eigenvalue weighted by atomic mass is 35.5. The quantitative estimate of drug-likeness (QED) is 0.242. The second kappa shape index (κ2) is 8.49. The van der Waals surface area contributed by atoms with E-state index in [2.05, 4.69) is 0 Å². The van der Waals surface area contributed by atoms with Gasteiger partial charge in [-0.1, -0.05) is 54.1 Å². The fraction of sp³-hybridized carbons (Fsp3) is 0.194. The van der Waals surface area contributed by atoms with Crippen molar-refractivity contribution in [1.82, 2.24) is 4.48 Å². The van der Waals surface area contributed by atoms with Gasteiger partial charge in [0.05, 0.1) is 0 Å². The minimum absolute atomic E-state index is 0.0305. The molecule has 5 nitrogen and oxygen atoms in total. The molecular weight excluding hydrogens is 543 g/mol. The lowest BCUT2D eigenvalue weighted by atomic mass is 9.77. The largest absolute Gasteiger partial charge is 0.491 e. The Bertz CT molecular complexity index is 1720. The predicted octanol–water partition coefficient (Wildman–Crippen LogP) is 7.45. The number of benzene rings is 4. The molecule has 0 aromatic heterocycles. The van der Waals surface area contributed by atoms with E-state index in [1.165, 1.54) is 12.1 Å². The maximum absolute atomic E-state index is 15.3. The second-order valence-corrected chi connectivity index (χ2v) is 10.7. The van der Waals surface area contributed by atoms with Gasteiger partial charge < -0.3 is 14.2 Å². The van der Waals surface area contributed by atoms with Crippen LogP contribution in [0.5, 0.6) is 17.2 Å². The Kier molecular flexibility index (Phi) is 5.31. The first-order valence-corrected chi connectivity index (χ1v) is 13.1. The van der Waals surface area contributed by atoms with Crippen LogP contribution in [0, 0.1) is 6.92 Å². The number of quaternary nitrogens is 1. The summed E-state index contributed by atoms with van der Waals surface area (Å²) in [4.78, 5) is 15.3. The van der Waals surface area contributed by atoms with Gasteiger partial charge in [0.15, 0.2) is 28.3 Å². The summed E-state index contributed by atoms with van der Waals surface area (Å²) in [6, 6.07) is 21.5. The molecule has 7 rings (SSSR count). The van der Waals surface area contributed by atoms with Crippen molar-refractivity contribution >= 4 is 28.9 Å². The summed E-state index contributed by atoms with van der Waals surface area (Å²) in [7, 11) is 0. The van der Waals surface area contributed by atoms with E-state index in [-0.39, 0.29) is 30.7 Å². The molecule has 0 radical (unpaired) electrons. The van der Waals surface area contributed by atoms with Crippen LogP contribution in [0.1, 0.15) is 27.8 Å². The zero-order valence-corrected chi connectivity index (χ0v) is 22.0. The van der Waals surface area contributed by atoms with E-state index in [0.29, 0.717) is 34.1 Å². The number of carbonyl (C=O) groups is 1. The van der Waals surface area contributed by atoms with Gasteiger partial charge in [0.1, 0.15) is 24.5 Å². The predicted molar refractivity (Wildman–Crippen MR) is 143 cm³/mol. The average Bonchev–Trinajstić information content (AvgIpc) is 3.60. The Hall–Kier alpha value is -4.01. The molecule has 2 unspecified atom stereocenters. The molecule has 0 fully saturated rings. The van der Waals surface area contributed by atoms with Gasteiger partial charge in [-0.2, -0.15) is 17.7 Å². The Labute approximate surface area is 232 Å². The first kappa shape index (κ1) is 25.0. The fourth-order valence-corrected chi connectivity index (χ4v) is 6.52. The summed E-state index contributed by atoms with van der Waals surface area (Å²) in [5.74, 6) is 0.949. The van der Waals surface area contributed by atoms with Crippen LogP contribution in [0.15, 0.2) is 78.9 Å². The molecule has 4 aromatic rings. The van der Waals surface area contributed by atoms with Crippen LogP contribution < -0.4 is 18.7 Å². The lowest BCUT2D eigenvalue weighted by molar-refractivity contribution is -0.139. The van der Waals surface area contributed by atoms with Crippen molar-refractivity contribution < 1.29 is 32.2 Å². The Morgan fingerprint density at radius 3 is 2.35 bits per heavy atom. The highest BCUT2D eigenvalue weighted by Gasteiger charge is 2.68. The molecule has 9 heteroatoms. The van der Waals surface area contributed by atoms with E-state index >= 15 is 4.79 Å². The topological polar surface area (TPSA) is 44.8 Å². The Morgan fingerprint density at radius 2 is 1.57 bits per heavy atom. The van der Waals surface area contributed by atoms with Crippen molar-refractivity contribution in [2.75, 3.05) is 13.4 Å². The van der Waals surface area contributed by atoms with Crippen molar-refractivity contribution in [1.29, 1.82) is 0 Å². The molecule has 1 amide bonds. The number of carbonyl (C=O) groups excluding carboxylic acids is 1. The maximum Gasteiger partial charge on any atom is 0.422 e. The molecule has 3 aliphatic heterocycles. The smallest absolute Gasteiger partial charge is 0.422 e. The zero-order chi connectivity index (χ0) is 27.9. The number of alkyl halides is 3. The molecule has 0 N–H and O–H groups in total. The molecule has 4 aromatic carbocycles. The number of fused-ring (bicyclic) bond motifs is 5. The van der Waals surface area contributed by atoms with Gasteiger partial charge in [0, 0.05) is 39.9 Å². The molecule has 0 saturated heterocycles. The number of hydrogen-bond acceptors (Lipinski definition) is 4. The number of hydrogen-bond donors (Lipinski definition) is 0. The van der Waals surface area contributed by atoms with Crippen LogP contribution in [0.3, 0.4) is 0 Å². The number of nitrogens with zero attached hydrogens (tertiary/aromatic N) is 1. The normalized spacial score (nSPS) is 22.4. The molecule has 0 aliphatic carbocycles. The van der Waals surface area contributed by atoms with Gasteiger partial charge in [0.2, 0.25) is 6.79 Å². The second-order valence-electron chi connectivity index (χ2n) is 10.3. The SMILES string of the molecule is Cc1ccccc1C[N+]1(c2ccc(Cl)cc2C(F)(F)F)C(=O)C2(COc3cc4c(cc32)OCO4)c2ccccc21. The van der Waals surface area contributed by atoms with Gasteiger partial charge in [-0.15, -0.1) is 0 Å². The molecular formula is C31H22ClF3NO4+. The van der Waals surface area contributed by atoms with Gasteiger partial charge >= 0.3 is 12.1 Å². The lowest BCUT2D eigenvalue weighted by Crippen LogP contribution is -2.54. The van der Waals surface area contributed by atoms with Crippen molar-refractivity contribution in [2.24, 2.45) is 0 Å². The molecule has 0 bridgehead atoms. The van der Waals surface area contributed by atoms with Crippen LogP contribution in [-0.4, -0.2) is 19.3 Å². The Balaban J connectivity index is 1.57. The molecule has 40 heavy (non-hydrogen) atoms. The fourth-order valence-electron chi connectivity index (χ4n) is 6.35. The zero-order valence-electron chi connectivity index (χ0n) is 21.2. The third-order valence-corrected chi connectivity index (χ3v) is 8.44. The minimum Gasteiger partial charge on any atom is -0.491 e. The molecule has 1 spiro atoms. The number of rotatable bonds is 3. The third-order valence-electron chi connectivity index (χ3n) is 8.21. The van der Waals surface area contributed by atoms with E-state index in [4.69, 9.17) is 25.8 Å². The Morgan fingerprint density at radius 1 is 0.850 bits per heavy atom. The van der Waals surface area contributed by atoms with Gasteiger partial charge in [-0.05, 0) is 30.7 Å². The number of aryl methyl sites for hydroxylation is 1. The van der Waals surface area contributed by atoms with E-state index in [1.807, 2.05) is 31.2 Å². The number of ether oxygens (including phenoxy) is 3. The highest BCUT2D eigenvalue weighted by Crippen LogP contribution is 2.61. The summed E-state index contributed by atoms with van der Waals surface area (Å²) in [5.41, 5.74) is 0.671. The first-order valence-electron chi connectivity index (χ1n) is 12.7. The van der Waals surface area contributed by atoms with Crippen molar-refractivity contribution in [3.05, 3.63) is 112 Å². The van der Waals surface area contributed by atoms with Crippen molar-refractivity contribution in [3.63, 3.8) is 0 Å². The molecule has 0 saturated carbocycles. The maximum atomic E-state index is 15.3. The summed E-state index contributed by atoms with van der Waals surface area (Å²) < 4.78 is 60.6. The van der Waals surface area contributed by atoms with E-state index in [9.17, 15) is 13.2 Å². The lowest BCUT2D eigenvalue weighted by Gasteiger charge is -2.35. The monoisotopic (exact) mass is 564 g/mol. The number of halogens is 4. The third kappa shape index (κ3) is 3.29. The summed E-state index contributed by atoms with van der Waals surface area (Å²) in [5, 5.41) is -0.0676. The number of para-hydroxylation sites is 1. The van der Waals surface area contributed by atoms with E-state index in [0.717, 1.165) is 17.2 Å². The molecule has 3 heterocycles. The molecule has 3 aliphatic rings. The van der Waals surface area contributed by atoms with Gasteiger partial charge in [0.25, 0.3) is 0 Å². The average molecular weight is 565 g/mol. The van der Waals surface area contributed by atoms with Gasteiger partial charge in [-0.3, -0.25) is 0 Å². The minimum atomic E-state index is -4.77. The number of amides is 1. The summed E-state index contributed by atoms with van der Waals surface area (Å²) in [6.07, 6.45) is -4.77. The van der Waals surface area contributed by atoms with Crippen molar-refractivity contribution in [2.45, 2.75) is 25.1 Å².